The van der Waals surface area contributed by atoms with Gasteiger partial charge in [-0.15, -0.1) is 24.8 Å². The minimum absolute atomic E-state index is 0. The lowest BCUT2D eigenvalue weighted by Gasteiger charge is -2.05. The molecule has 12 heavy (non-hydrogen) atoms. The topological polar surface area (TPSA) is 59.1 Å². The van der Waals surface area contributed by atoms with E-state index in [1.54, 1.807) is 24.5 Å². The fraction of sp³-hybridized carbons (Fsp3) is 0.286. The first-order valence-corrected chi connectivity index (χ1v) is 3.11. The standard InChI is InChI=1S/C7H10N2O.2ClH/c8-7(5-10)6-1-3-9-4-2-6;;/h1-4,7,10H,5,8H2;2*1H. The van der Waals surface area contributed by atoms with Crippen molar-refractivity contribution >= 4 is 24.8 Å². The van der Waals surface area contributed by atoms with Crippen LogP contribution in [0.1, 0.15) is 11.6 Å². The Morgan fingerprint density at radius 2 is 1.83 bits per heavy atom. The van der Waals surface area contributed by atoms with Gasteiger partial charge in [0.1, 0.15) is 0 Å². The summed E-state index contributed by atoms with van der Waals surface area (Å²) < 4.78 is 0. The van der Waals surface area contributed by atoms with Crippen LogP contribution in [-0.2, 0) is 0 Å². The van der Waals surface area contributed by atoms with Crippen LogP contribution in [0.2, 0.25) is 0 Å². The molecule has 0 bridgehead atoms. The van der Waals surface area contributed by atoms with E-state index in [0.29, 0.717) is 0 Å². The average Bonchev–Trinajstić information content (AvgIpc) is 2.05. The second-order valence-electron chi connectivity index (χ2n) is 2.07. The molecule has 0 amide bonds. The van der Waals surface area contributed by atoms with Crippen LogP contribution in [0.15, 0.2) is 24.5 Å². The molecule has 0 saturated carbocycles. The number of hydrogen-bond donors (Lipinski definition) is 2. The monoisotopic (exact) mass is 210 g/mol. The first-order chi connectivity index (χ1) is 4.84. The Morgan fingerprint density at radius 3 is 2.25 bits per heavy atom. The van der Waals surface area contributed by atoms with E-state index in [1.165, 1.54) is 0 Å². The molecule has 1 unspecified atom stereocenters. The average molecular weight is 211 g/mol. The highest BCUT2D eigenvalue weighted by Crippen LogP contribution is 2.05. The number of nitrogens with two attached hydrogens (primary N) is 1. The van der Waals surface area contributed by atoms with Crippen molar-refractivity contribution in [2.24, 2.45) is 5.73 Å². The van der Waals surface area contributed by atoms with E-state index in [9.17, 15) is 0 Å². The van der Waals surface area contributed by atoms with Gasteiger partial charge in [-0.2, -0.15) is 0 Å². The summed E-state index contributed by atoms with van der Waals surface area (Å²) in [6.07, 6.45) is 3.32. The van der Waals surface area contributed by atoms with Crippen molar-refractivity contribution in [2.45, 2.75) is 6.04 Å². The number of rotatable bonds is 2. The number of pyridine rings is 1. The van der Waals surface area contributed by atoms with Crippen molar-refractivity contribution in [3.05, 3.63) is 30.1 Å². The summed E-state index contributed by atoms with van der Waals surface area (Å²) in [7, 11) is 0. The number of aromatic nitrogens is 1. The van der Waals surface area contributed by atoms with Crippen molar-refractivity contribution in [1.29, 1.82) is 0 Å². The molecule has 5 heteroatoms. The molecule has 0 spiro atoms. The van der Waals surface area contributed by atoms with Crippen LogP contribution in [-0.4, -0.2) is 16.7 Å². The van der Waals surface area contributed by atoms with Crippen molar-refractivity contribution in [3.8, 4) is 0 Å². The van der Waals surface area contributed by atoms with E-state index in [1.807, 2.05) is 0 Å². The Balaban J connectivity index is 0. The fourth-order valence-corrected chi connectivity index (χ4v) is 0.716. The lowest BCUT2D eigenvalue weighted by molar-refractivity contribution is 0.268. The first-order valence-electron chi connectivity index (χ1n) is 3.11. The Morgan fingerprint density at radius 1 is 1.33 bits per heavy atom. The summed E-state index contributed by atoms with van der Waals surface area (Å²) >= 11 is 0. The van der Waals surface area contributed by atoms with Crippen LogP contribution in [0, 0.1) is 0 Å². The highest BCUT2D eigenvalue weighted by Gasteiger charge is 2.00. The van der Waals surface area contributed by atoms with Gasteiger partial charge in [-0.1, -0.05) is 0 Å². The molecule has 70 valence electrons. The highest BCUT2D eigenvalue weighted by molar-refractivity contribution is 5.85. The minimum atomic E-state index is -0.275. The Bertz CT molecular complexity index is 196. The van der Waals surface area contributed by atoms with Gasteiger partial charge in [-0.05, 0) is 17.7 Å². The molecule has 3 N–H and O–H groups in total. The Hall–Kier alpha value is -0.350. The molecule has 1 rings (SSSR count). The van der Waals surface area contributed by atoms with Crippen LogP contribution in [0.3, 0.4) is 0 Å². The molecule has 0 radical (unpaired) electrons. The molecule has 0 saturated heterocycles. The number of aliphatic hydroxyl groups is 1. The lowest BCUT2D eigenvalue weighted by Crippen LogP contribution is -2.14. The summed E-state index contributed by atoms with van der Waals surface area (Å²) in [5.41, 5.74) is 6.43. The summed E-state index contributed by atoms with van der Waals surface area (Å²) in [5.74, 6) is 0. The van der Waals surface area contributed by atoms with E-state index in [0.717, 1.165) is 5.56 Å². The molecule has 1 atom stereocenters. The maximum absolute atomic E-state index is 8.64. The van der Waals surface area contributed by atoms with Gasteiger partial charge in [0, 0.05) is 12.4 Å². The van der Waals surface area contributed by atoms with Gasteiger partial charge in [0.25, 0.3) is 0 Å². The zero-order chi connectivity index (χ0) is 7.40. The van der Waals surface area contributed by atoms with Gasteiger partial charge in [0.05, 0.1) is 12.6 Å². The highest BCUT2D eigenvalue weighted by atomic mass is 35.5. The van der Waals surface area contributed by atoms with Gasteiger partial charge in [-0.3, -0.25) is 4.98 Å². The van der Waals surface area contributed by atoms with Crippen molar-refractivity contribution in [1.82, 2.24) is 4.98 Å². The van der Waals surface area contributed by atoms with Gasteiger partial charge in [0.2, 0.25) is 0 Å². The third-order valence-corrected chi connectivity index (χ3v) is 1.33. The predicted octanol–water partition coefficient (Wildman–Crippen LogP) is 0.917. The first kappa shape index (κ1) is 14.2. The number of aliphatic hydroxyl groups excluding tert-OH is 1. The van der Waals surface area contributed by atoms with Gasteiger partial charge >= 0.3 is 0 Å². The third-order valence-electron chi connectivity index (χ3n) is 1.33. The SMILES string of the molecule is Cl.Cl.NC(CO)c1ccncc1. The maximum Gasteiger partial charge on any atom is 0.0624 e. The molecular formula is C7H12Cl2N2O. The molecule has 0 aromatic carbocycles. The Kier molecular flexibility index (Phi) is 8.64. The van der Waals surface area contributed by atoms with Crippen LogP contribution in [0.25, 0.3) is 0 Å². The number of nitrogens with zero attached hydrogens (tertiary/aromatic N) is 1. The molecular weight excluding hydrogens is 199 g/mol. The molecule has 3 nitrogen and oxygen atoms in total. The molecule has 0 fully saturated rings. The van der Waals surface area contributed by atoms with Crippen LogP contribution < -0.4 is 5.73 Å². The third kappa shape index (κ3) is 3.88. The van der Waals surface area contributed by atoms with E-state index in [2.05, 4.69) is 4.98 Å². The van der Waals surface area contributed by atoms with Crippen LogP contribution in [0.4, 0.5) is 0 Å². The van der Waals surface area contributed by atoms with E-state index >= 15 is 0 Å². The van der Waals surface area contributed by atoms with Crippen LogP contribution in [0.5, 0.6) is 0 Å². The second-order valence-corrected chi connectivity index (χ2v) is 2.07. The molecule has 0 aliphatic carbocycles. The molecule has 1 aromatic rings. The van der Waals surface area contributed by atoms with Gasteiger partial charge < -0.3 is 10.8 Å². The second kappa shape index (κ2) is 7.31. The predicted molar refractivity (Wildman–Crippen MR) is 52.7 cm³/mol. The number of hydrogen-bond acceptors (Lipinski definition) is 3. The maximum atomic E-state index is 8.64. The zero-order valence-corrected chi connectivity index (χ0v) is 8.02. The largest absolute Gasteiger partial charge is 0.394 e. The summed E-state index contributed by atoms with van der Waals surface area (Å²) in [5, 5.41) is 8.64. The van der Waals surface area contributed by atoms with E-state index in [4.69, 9.17) is 10.8 Å². The Labute approximate surface area is 83.8 Å². The quantitative estimate of drug-likeness (QED) is 0.764. The van der Waals surface area contributed by atoms with Gasteiger partial charge in [-0.25, -0.2) is 0 Å². The molecule has 1 heterocycles. The van der Waals surface area contributed by atoms with Crippen molar-refractivity contribution in [3.63, 3.8) is 0 Å². The van der Waals surface area contributed by atoms with E-state index in [-0.39, 0.29) is 37.5 Å². The van der Waals surface area contributed by atoms with Crippen molar-refractivity contribution < 1.29 is 5.11 Å². The normalized spacial score (nSPS) is 10.8. The summed E-state index contributed by atoms with van der Waals surface area (Å²) in [6, 6.07) is 3.31. The van der Waals surface area contributed by atoms with Crippen molar-refractivity contribution in [2.75, 3.05) is 6.61 Å². The molecule has 1 aromatic heterocycles. The smallest absolute Gasteiger partial charge is 0.0624 e. The summed E-state index contributed by atoms with van der Waals surface area (Å²) in [6.45, 7) is -0.0238. The summed E-state index contributed by atoms with van der Waals surface area (Å²) in [4.78, 5) is 3.82. The fourth-order valence-electron chi connectivity index (χ4n) is 0.716. The molecule has 0 aliphatic heterocycles. The minimum Gasteiger partial charge on any atom is -0.394 e. The number of halogens is 2. The molecule has 0 aliphatic rings. The van der Waals surface area contributed by atoms with Gasteiger partial charge in [0.15, 0.2) is 0 Å². The lowest BCUT2D eigenvalue weighted by atomic mass is 10.1. The van der Waals surface area contributed by atoms with E-state index < -0.39 is 0 Å². The zero-order valence-electron chi connectivity index (χ0n) is 6.38. The van der Waals surface area contributed by atoms with Crippen LogP contribution >= 0.6 is 24.8 Å².